The molecule has 0 aliphatic carbocycles. The van der Waals surface area contributed by atoms with E-state index in [-0.39, 0.29) is 17.0 Å². The third kappa shape index (κ3) is 2.83. The normalized spacial score (nSPS) is 17.5. The van der Waals surface area contributed by atoms with Crippen LogP contribution in [-0.2, 0) is 4.79 Å². The Morgan fingerprint density at radius 2 is 1.81 bits per heavy atom. The summed E-state index contributed by atoms with van der Waals surface area (Å²) >= 11 is 0. The quantitative estimate of drug-likeness (QED) is 0.347. The third-order valence-electron chi connectivity index (χ3n) is 6.02. The topological polar surface area (TPSA) is 76.8 Å². The number of anilines is 1. The SMILES string of the molecule is COc1cc2c3c(c1)/C(=C/C(=O)c1cc4ccccc4oc1=O)C(=O)N3C(C)(C)C=C2C. The average Bonchev–Trinajstić information content (AvgIpc) is 3.03. The zero-order valence-electron chi connectivity index (χ0n) is 18.2. The second-order valence-electron chi connectivity index (χ2n) is 8.60. The Labute approximate surface area is 184 Å². The lowest BCUT2D eigenvalue weighted by atomic mass is 9.89. The van der Waals surface area contributed by atoms with Crippen LogP contribution in [0.5, 0.6) is 5.75 Å². The van der Waals surface area contributed by atoms with Gasteiger partial charge in [-0.15, -0.1) is 0 Å². The van der Waals surface area contributed by atoms with Crippen LogP contribution in [0.4, 0.5) is 5.69 Å². The molecule has 0 atom stereocenters. The Morgan fingerprint density at radius 3 is 2.56 bits per heavy atom. The molecule has 0 spiro atoms. The van der Waals surface area contributed by atoms with Crippen molar-refractivity contribution in [3.8, 4) is 5.75 Å². The zero-order valence-corrected chi connectivity index (χ0v) is 18.2. The van der Waals surface area contributed by atoms with Crippen LogP contribution in [0.3, 0.4) is 0 Å². The highest BCUT2D eigenvalue weighted by Crippen LogP contribution is 2.50. The van der Waals surface area contributed by atoms with Crippen molar-refractivity contribution in [2.75, 3.05) is 12.0 Å². The predicted molar refractivity (Wildman–Crippen MR) is 123 cm³/mol. The van der Waals surface area contributed by atoms with E-state index in [1.165, 1.54) is 12.1 Å². The molecule has 5 rings (SSSR count). The van der Waals surface area contributed by atoms with E-state index < -0.39 is 16.9 Å². The van der Waals surface area contributed by atoms with Crippen molar-refractivity contribution in [1.82, 2.24) is 0 Å². The first-order valence-corrected chi connectivity index (χ1v) is 10.3. The van der Waals surface area contributed by atoms with Gasteiger partial charge in [-0.2, -0.15) is 0 Å². The number of methoxy groups -OCH3 is 1. The summed E-state index contributed by atoms with van der Waals surface area (Å²) in [5, 5.41) is 0.636. The first-order chi connectivity index (χ1) is 15.2. The molecule has 0 unspecified atom stereocenters. The maximum absolute atomic E-state index is 13.5. The summed E-state index contributed by atoms with van der Waals surface area (Å²) in [5.74, 6) is -0.280. The second-order valence-corrected chi connectivity index (χ2v) is 8.60. The molecule has 1 aromatic heterocycles. The minimum atomic E-state index is -0.735. The highest BCUT2D eigenvalue weighted by atomic mass is 16.5. The summed E-state index contributed by atoms with van der Waals surface area (Å²) < 4.78 is 10.7. The van der Waals surface area contributed by atoms with E-state index in [1.807, 2.05) is 32.9 Å². The summed E-state index contributed by atoms with van der Waals surface area (Å²) in [6.07, 6.45) is 3.27. The molecule has 1 amide bonds. The monoisotopic (exact) mass is 427 g/mol. The number of hydrogen-bond donors (Lipinski definition) is 0. The van der Waals surface area contributed by atoms with Crippen molar-refractivity contribution >= 4 is 39.5 Å². The van der Waals surface area contributed by atoms with Gasteiger partial charge in [-0.1, -0.05) is 24.3 Å². The van der Waals surface area contributed by atoms with Gasteiger partial charge in [-0.25, -0.2) is 4.79 Å². The van der Waals surface area contributed by atoms with Gasteiger partial charge in [-0.05, 0) is 56.7 Å². The van der Waals surface area contributed by atoms with Gasteiger partial charge in [0, 0.05) is 16.5 Å². The van der Waals surface area contributed by atoms with Crippen LogP contribution in [0.2, 0.25) is 0 Å². The number of amides is 1. The number of rotatable bonds is 3. The minimum absolute atomic E-state index is 0.115. The molecule has 0 saturated heterocycles. The lowest BCUT2D eigenvalue weighted by molar-refractivity contribution is -0.113. The Kier molecular flexibility index (Phi) is 4.24. The first kappa shape index (κ1) is 20.0. The van der Waals surface area contributed by atoms with Gasteiger partial charge in [0.15, 0.2) is 5.78 Å². The number of ketones is 1. The Bertz CT molecular complexity index is 1450. The number of para-hydroxylation sites is 1. The summed E-state index contributed by atoms with van der Waals surface area (Å²) in [5.41, 5.74) is 2.49. The third-order valence-corrected chi connectivity index (χ3v) is 6.02. The number of ether oxygens (including phenoxy) is 1. The van der Waals surface area contributed by atoms with Crippen LogP contribution >= 0.6 is 0 Å². The van der Waals surface area contributed by atoms with Crippen molar-refractivity contribution in [3.05, 3.63) is 81.7 Å². The highest BCUT2D eigenvalue weighted by Gasteiger charge is 2.45. The summed E-state index contributed by atoms with van der Waals surface area (Å²) in [6, 6.07) is 12.1. The van der Waals surface area contributed by atoms with Crippen LogP contribution in [0.25, 0.3) is 22.1 Å². The van der Waals surface area contributed by atoms with E-state index >= 15 is 0 Å². The maximum Gasteiger partial charge on any atom is 0.347 e. The van der Waals surface area contributed by atoms with E-state index in [0.717, 1.165) is 16.8 Å². The van der Waals surface area contributed by atoms with Crippen LogP contribution in [-0.4, -0.2) is 24.3 Å². The molecule has 0 N–H and O–H groups in total. The largest absolute Gasteiger partial charge is 0.497 e. The molecule has 2 aliphatic rings. The molecular weight excluding hydrogens is 406 g/mol. The highest BCUT2D eigenvalue weighted by molar-refractivity contribution is 6.37. The van der Waals surface area contributed by atoms with Crippen LogP contribution in [0.1, 0.15) is 42.3 Å². The molecule has 6 heteroatoms. The van der Waals surface area contributed by atoms with Gasteiger partial charge in [0.05, 0.1) is 23.9 Å². The van der Waals surface area contributed by atoms with Gasteiger partial charge < -0.3 is 9.15 Å². The number of carbonyl (C=O) groups is 2. The number of benzene rings is 2. The first-order valence-electron chi connectivity index (χ1n) is 10.3. The van der Waals surface area contributed by atoms with Gasteiger partial charge >= 0.3 is 5.63 Å². The molecule has 6 nitrogen and oxygen atoms in total. The summed E-state index contributed by atoms with van der Waals surface area (Å²) in [6.45, 7) is 5.90. The molecule has 3 aromatic rings. The molecule has 32 heavy (non-hydrogen) atoms. The van der Waals surface area contributed by atoms with E-state index in [1.54, 1.807) is 42.3 Å². The van der Waals surface area contributed by atoms with E-state index in [0.29, 0.717) is 22.3 Å². The maximum atomic E-state index is 13.5. The molecular formula is C26H21NO5. The number of fused-ring (bicyclic) bond motifs is 1. The second kappa shape index (κ2) is 6.79. The van der Waals surface area contributed by atoms with Crippen LogP contribution < -0.4 is 15.3 Å². The zero-order chi connectivity index (χ0) is 22.8. The molecule has 160 valence electrons. The van der Waals surface area contributed by atoms with Crippen molar-refractivity contribution in [1.29, 1.82) is 0 Å². The van der Waals surface area contributed by atoms with Crippen LogP contribution in [0, 0.1) is 0 Å². The number of nitrogens with zero attached hydrogens (tertiary/aromatic N) is 1. The van der Waals surface area contributed by atoms with Gasteiger partial charge in [0.1, 0.15) is 16.9 Å². The smallest absolute Gasteiger partial charge is 0.347 e. The summed E-state index contributed by atoms with van der Waals surface area (Å²) in [7, 11) is 1.56. The van der Waals surface area contributed by atoms with Crippen molar-refractivity contribution in [3.63, 3.8) is 0 Å². The molecule has 3 heterocycles. The Morgan fingerprint density at radius 1 is 1.09 bits per heavy atom. The molecule has 2 aromatic carbocycles. The van der Waals surface area contributed by atoms with Crippen molar-refractivity contribution < 1.29 is 18.7 Å². The molecule has 0 radical (unpaired) electrons. The predicted octanol–water partition coefficient (Wildman–Crippen LogP) is 4.61. The molecule has 2 aliphatic heterocycles. The fraction of sp³-hybridized carbons (Fsp3) is 0.192. The van der Waals surface area contributed by atoms with Gasteiger partial charge in [0.25, 0.3) is 5.91 Å². The van der Waals surface area contributed by atoms with Gasteiger partial charge in [0.2, 0.25) is 0 Å². The number of allylic oxidation sites excluding steroid dienone is 2. The van der Waals surface area contributed by atoms with E-state index in [4.69, 9.17) is 9.15 Å². The Balaban J connectivity index is 1.70. The molecule has 0 fully saturated rings. The van der Waals surface area contributed by atoms with Crippen molar-refractivity contribution in [2.45, 2.75) is 26.3 Å². The van der Waals surface area contributed by atoms with E-state index in [2.05, 4.69) is 0 Å². The number of carbonyl (C=O) groups excluding carboxylic acids is 2. The lowest BCUT2D eigenvalue weighted by Gasteiger charge is -2.38. The average molecular weight is 427 g/mol. The minimum Gasteiger partial charge on any atom is -0.497 e. The Hall–Kier alpha value is -3.93. The van der Waals surface area contributed by atoms with Crippen molar-refractivity contribution in [2.24, 2.45) is 0 Å². The van der Waals surface area contributed by atoms with E-state index in [9.17, 15) is 14.4 Å². The standard InChI is InChI=1S/C26H21NO5/c1-14-13-26(2,3)27-23-17(14)10-16(31-4)11-18(23)19(24(27)29)12-21(28)20-9-15-7-5-6-8-22(15)32-25(20)30/h5-13H,1-4H3/b19-12-. The summed E-state index contributed by atoms with van der Waals surface area (Å²) in [4.78, 5) is 40.8. The lowest BCUT2D eigenvalue weighted by Crippen LogP contribution is -2.46. The number of hydrogen-bond acceptors (Lipinski definition) is 5. The van der Waals surface area contributed by atoms with Crippen LogP contribution in [0.15, 0.2) is 63.8 Å². The fourth-order valence-corrected chi connectivity index (χ4v) is 4.61. The van der Waals surface area contributed by atoms with Gasteiger partial charge in [-0.3, -0.25) is 14.5 Å². The molecule has 0 saturated carbocycles. The molecule has 0 bridgehead atoms. The fourth-order valence-electron chi connectivity index (χ4n) is 4.61.